The minimum Gasteiger partial charge on any atom is -0.302 e. The molecule has 0 aromatic heterocycles. The molecule has 6 saturated carbocycles. The molecule has 59 heavy (non-hydrogen) atoms. The number of phosphoric ester groups is 1. The van der Waals surface area contributed by atoms with Crippen molar-refractivity contribution in [2.24, 2.45) is 92.7 Å². The Balaban J connectivity index is 0.855. The first-order chi connectivity index (χ1) is 27.9. The maximum absolute atomic E-state index is 13.8. The lowest BCUT2D eigenvalue weighted by Crippen LogP contribution is -2.51. The molecule has 0 aliphatic heterocycles. The van der Waals surface area contributed by atoms with E-state index in [-0.39, 0.29) is 23.0 Å². The topological polar surface area (TPSA) is 55.8 Å². The fourth-order valence-electron chi connectivity index (χ4n) is 17.9. The second kappa shape index (κ2) is 17.2. The van der Waals surface area contributed by atoms with Crippen LogP contribution in [0.25, 0.3) is 0 Å². The zero-order chi connectivity index (χ0) is 42.1. The normalized spacial score (nSPS) is 46.2. The van der Waals surface area contributed by atoms with Gasteiger partial charge in [-0.25, -0.2) is 4.57 Å². The number of fused-ring (bicyclic) bond motifs is 10. The summed E-state index contributed by atoms with van der Waals surface area (Å²) in [6.45, 7) is 25.1. The molecule has 6 fully saturated rings. The first-order valence-corrected chi connectivity index (χ1v) is 27.5. The zero-order valence-corrected chi connectivity index (χ0v) is 40.8. The Morgan fingerprint density at radius 3 is 1.37 bits per heavy atom. The van der Waals surface area contributed by atoms with Crippen molar-refractivity contribution in [2.45, 2.75) is 223 Å². The van der Waals surface area contributed by atoms with Gasteiger partial charge in [0.25, 0.3) is 0 Å². The number of phosphoric acid groups is 1. The molecule has 0 radical (unpaired) electrons. The number of allylic oxidation sites excluding steroid dienone is 2. The summed E-state index contributed by atoms with van der Waals surface area (Å²) in [6.07, 6.45) is 32.0. The van der Waals surface area contributed by atoms with Crippen molar-refractivity contribution in [1.82, 2.24) is 0 Å². The Labute approximate surface area is 363 Å². The molecule has 0 aromatic rings. The molecule has 4 nitrogen and oxygen atoms in total. The molecule has 0 saturated heterocycles. The van der Waals surface area contributed by atoms with Crippen LogP contribution in [0.1, 0.15) is 210 Å². The largest absolute Gasteiger partial charge is 0.472 e. The van der Waals surface area contributed by atoms with Crippen LogP contribution in [0.15, 0.2) is 23.3 Å². The van der Waals surface area contributed by atoms with Crippen LogP contribution in [0, 0.1) is 92.7 Å². The monoisotopic (exact) mass is 835 g/mol. The Kier molecular flexibility index (Phi) is 13.2. The van der Waals surface area contributed by atoms with E-state index in [2.05, 4.69) is 81.4 Å². The smallest absolute Gasteiger partial charge is 0.302 e. The third-order valence-electron chi connectivity index (χ3n) is 21.1. The molecule has 0 bridgehead atoms. The van der Waals surface area contributed by atoms with Crippen LogP contribution in [-0.2, 0) is 13.6 Å². The van der Waals surface area contributed by atoms with E-state index in [1.54, 1.807) is 0 Å². The van der Waals surface area contributed by atoms with Crippen LogP contribution in [0.3, 0.4) is 0 Å². The third-order valence-corrected chi connectivity index (χ3v) is 22.2. The van der Waals surface area contributed by atoms with Gasteiger partial charge in [0.1, 0.15) is 0 Å². The summed E-state index contributed by atoms with van der Waals surface area (Å²) in [6, 6.07) is 0. The van der Waals surface area contributed by atoms with Crippen LogP contribution in [0.4, 0.5) is 0 Å². The van der Waals surface area contributed by atoms with Gasteiger partial charge in [0.15, 0.2) is 0 Å². The number of rotatable bonds is 14. The molecule has 0 spiro atoms. The molecule has 8 aliphatic carbocycles. The predicted molar refractivity (Wildman–Crippen MR) is 246 cm³/mol. The van der Waals surface area contributed by atoms with Crippen molar-refractivity contribution in [3.8, 4) is 0 Å². The highest BCUT2D eigenvalue weighted by Crippen LogP contribution is 2.70. The average molecular weight is 835 g/mol. The summed E-state index contributed by atoms with van der Waals surface area (Å²) in [5.74, 6) is 9.84. The SMILES string of the molecule is CC(C)CCC[C@@H](C)[C@@H]1CC[C@H]2[C@@H]3CC=C4C[C@@H](OP(=O)(O)O[C@H]5CC[C@@]6(C)C(=CC[C@@H]7[C@H]8CC[C@@H]([C@H](C)CCCC(C)C)[C@@]8(C)CC[C@H]76)C5)CC[C@@]4(C)[C@@H]3CC[C@]21C. The van der Waals surface area contributed by atoms with Crippen molar-refractivity contribution < 1.29 is 18.5 Å². The van der Waals surface area contributed by atoms with Gasteiger partial charge in [-0.3, -0.25) is 9.05 Å². The summed E-state index contributed by atoms with van der Waals surface area (Å²) >= 11 is 0. The van der Waals surface area contributed by atoms with Crippen molar-refractivity contribution in [2.75, 3.05) is 0 Å². The second-order valence-electron chi connectivity index (χ2n) is 25.0. The van der Waals surface area contributed by atoms with E-state index in [0.29, 0.717) is 10.8 Å². The van der Waals surface area contributed by atoms with Crippen molar-refractivity contribution in [3.05, 3.63) is 23.3 Å². The second-order valence-corrected chi connectivity index (χ2v) is 26.3. The summed E-state index contributed by atoms with van der Waals surface area (Å²) in [5, 5.41) is 0. The van der Waals surface area contributed by atoms with E-state index in [4.69, 9.17) is 9.05 Å². The Morgan fingerprint density at radius 1 is 0.576 bits per heavy atom. The van der Waals surface area contributed by atoms with Gasteiger partial charge in [0.05, 0.1) is 12.2 Å². The zero-order valence-electron chi connectivity index (χ0n) is 39.9. The van der Waals surface area contributed by atoms with Crippen molar-refractivity contribution >= 4 is 7.82 Å². The van der Waals surface area contributed by atoms with Gasteiger partial charge in [0, 0.05) is 0 Å². The van der Waals surface area contributed by atoms with Crippen LogP contribution in [0.2, 0.25) is 0 Å². The maximum Gasteiger partial charge on any atom is 0.472 e. The van der Waals surface area contributed by atoms with Gasteiger partial charge < -0.3 is 4.89 Å². The van der Waals surface area contributed by atoms with E-state index >= 15 is 0 Å². The van der Waals surface area contributed by atoms with Crippen LogP contribution in [-0.4, -0.2) is 17.1 Å². The number of hydrogen-bond donors (Lipinski definition) is 1. The quantitative estimate of drug-likeness (QED) is 0.140. The first-order valence-electron chi connectivity index (χ1n) is 26.0. The molecule has 1 unspecified atom stereocenters. The Hall–Kier alpha value is -0.410. The molecule has 0 heterocycles. The van der Waals surface area contributed by atoms with Gasteiger partial charge >= 0.3 is 7.82 Å². The molecular formula is C54H91O4P. The highest BCUT2D eigenvalue weighted by Gasteiger charge is 2.61. The fraction of sp³-hybridized carbons (Fsp3) is 0.926. The summed E-state index contributed by atoms with van der Waals surface area (Å²) in [7, 11) is -4.19. The van der Waals surface area contributed by atoms with E-state index in [0.717, 1.165) is 110 Å². The van der Waals surface area contributed by atoms with Crippen molar-refractivity contribution in [1.29, 1.82) is 0 Å². The maximum atomic E-state index is 13.8. The van der Waals surface area contributed by atoms with Gasteiger partial charge in [0.2, 0.25) is 0 Å². The van der Waals surface area contributed by atoms with Crippen molar-refractivity contribution in [3.63, 3.8) is 0 Å². The van der Waals surface area contributed by atoms with Gasteiger partial charge in [-0.1, -0.05) is 131 Å². The van der Waals surface area contributed by atoms with Gasteiger partial charge in [-0.15, -0.1) is 0 Å². The fourth-order valence-corrected chi connectivity index (χ4v) is 19.0. The molecule has 1 N–H and O–H groups in total. The lowest BCUT2D eigenvalue weighted by Gasteiger charge is -2.58. The standard InChI is InChI=1S/C54H91O4P/c1-35(2)13-11-15-37(5)45-21-23-47-43-19-17-39-33-41(25-29-51(39,7)49(43)27-31-53(45,47)9)57-59(55,56)58-42-26-30-52(8)40(34-42)18-20-44-48-24-22-46(38(6)16-12-14-36(3)4)54(48,10)32-28-50(44)52/h17-18,35-38,41-50H,11-16,19-34H2,1-10H3,(H,55,56)/t37-,38-,41+,42+,43-,44+,45+,46+,47-,48+,49-,50-,51+,52-,53-,54+/m1/s1. The molecule has 336 valence electrons. The van der Waals surface area contributed by atoms with E-state index < -0.39 is 7.82 Å². The summed E-state index contributed by atoms with van der Waals surface area (Å²) in [4.78, 5) is 11.3. The minimum absolute atomic E-state index is 0.201. The van der Waals surface area contributed by atoms with E-state index in [9.17, 15) is 9.46 Å². The molecule has 0 aromatic carbocycles. The molecule has 8 aliphatic rings. The highest BCUT2D eigenvalue weighted by atomic mass is 31.2. The van der Waals surface area contributed by atoms with Gasteiger partial charge in [-0.05, 0) is 195 Å². The van der Waals surface area contributed by atoms with Crippen LogP contribution in [0.5, 0.6) is 0 Å². The predicted octanol–water partition coefficient (Wildman–Crippen LogP) is 15.9. The molecule has 0 amide bonds. The first kappa shape index (κ1) is 45.2. The molecule has 8 rings (SSSR count). The minimum atomic E-state index is -4.19. The van der Waals surface area contributed by atoms with E-state index in [1.807, 2.05) is 0 Å². The average Bonchev–Trinajstić information content (AvgIpc) is 3.71. The Bertz CT molecular complexity index is 1490. The molecule has 17 atom stereocenters. The van der Waals surface area contributed by atoms with Gasteiger partial charge in [-0.2, -0.15) is 0 Å². The summed E-state index contributed by atoms with van der Waals surface area (Å²) in [5.41, 5.74) is 4.43. The molecular weight excluding hydrogens is 744 g/mol. The molecule has 5 heteroatoms. The van der Waals surface area contributed by atoms with E-state index in [1.165, 1.54) is 114 Å². The Morgan fingerprint density at radius 2 is 0.983 bits per heavy atom. The third kappa shape index (κ3) is 8.40. The number of hydrogen-bond acceptors (Lipinski definition) is 3. The lowest BCUT2D eigenvalue weighted by molar-refractivity contribution is -0.0615. The highest BCUT2D eigenvalue weighted by molar-refractivity contribution is 7.47. The van der Waals surface area contributed by atoms with Crippen LogP contribution < -0.4 is 0 Å². The lowest BCUT2D eigenvalue weighted by atomic mass is 9.47. The summed E-state index contributed by atoms with van der Waals surface area (Å²) < 4.78 is 26.2. The van der Waals surface area contributed by atoms with Crippen LogP contribution >= 0.6 is 7.82 Å².